The molecule has 7 heavy (non-hydrogen) atoms. The van der Waals surface area contributed by atoms with Gasteiger partial charge in [-0.15, -0.1) is 0 Å². The second kappa shape index (κ2) is 8.82. The number of primary amides is 2. The quantitative estimate of drug-likeness (QED) is 0.337. The molecule has 0 heterocycles. The van der Waals surface area contributed by atoms with Crippen molar-refractivity contribution in [1.29, 1.82) is 5.26 Å². The molecule has 0 aliphatic rings. The second-order valence-electron chi connectivity index (χ2n) is 0.502. The van der Waals surface area contributed by atoms with Crippen LogP contribution in [0.2, 0.25) is 0 Å². The zero-order valence-corrected chi connectivity index (χ0v) is 3.46. The molecule has 0 bridgehead atoms. The number of aliphatic hydroxyl groups excluding tert-OH is 1. The van der Waals surface area contributed by atoms with Crippen molar-refractivity contribution >= 4 is 6.03 Å². The third-order valence-corrected chi connectivity index (χ3v) is 0. The number of amides is 2. The fourth-order valence-electron chi connectivity index (χ4n) is 0. The number of urea groups is 1. The third-order valence-electron chi connectivity index (χ3n) is 0. The molecule has 0 saturated heterocycles. The maximum absolute atomic E-state index is 9.00. The van der Waals surface area contributed by atoms with Crippen LogP contribution in [-0.4, -0.2) is 11.1 Å². The molecule has 0 fully saturated rings. The van der Waals surface area contributed by atoms with E-state index in [0.717, 1.165) is 6.26 Å². The number of hydrogen-bond acceptors (Lipinski definition) is 3. The Bertz CT molecular complexity index is 79.4. The van der Waals surface area contributed by atoms with Gasteiger partial charge < -0.3 is 16.6 Å². The lowest BCUT2D eigenvalue weighted by atomic mass is 11.2. The number of nitrogens with two attached hydrogens (primary N) is 2. The molecular formula is C2H5N3O2. The summed E-state index contributed by atoms with van der Waals surface area (Å²) in [7, 11) is 0. The van der Waals surface area contributed by atoms with Crippen LogP contribution < -0.4 is 11.5 Å². The Hall–Kier alpha value is -1.44. The van der Waals surface area contributed by atoms with E-state index in [2.05, 4.69) is 11.5 Å². The molecule has 40 valence electrons. The van der Waals surface area contributed by atoms with Gasteiger partial charge in [-0.25, -0.2) is 4.79 Å². The molecule has 0 aromatic rings. The normalized spacial score (nSPS) is 4.43. The lowest BCUT2D eigenvalue weighted by Gasteiger charge is -1.62. The van der Waals surface area contributed by atoms with Gasteiger partial charge in [0, 0.05) is 0 Å². The highest BCUT2D eigenvalue weighted by molar-refractivity contribution is 5.69. The molecule has 0 aromatic carbocycles. The largest absolute Gasteiger partial charge is 0.443 e. The molecule has 5 N–H and O–H groups in total. The maximum atomic E-state index is 9.00. The first-order chi connectivity index (χ1) is 3.15. The number of rotatable bonds is 0. The number of hydrogen-bond donors (Lipinski definition) is 3. The van der Waals surface area contributed by atoms with Crippen LogP contribution in [0.4, 0.5) is 4.79 Å². The average Bonchev–Trinajstić information content (AvgIpc) is 1.33. The summed E-state index contributed by atoms with van der Waals surface area (Å²) < 4.78 is 0. The molecule has 0 radical (unpaired) electrons. The van der Waals surface area contributed by atoms with Gasteiger partial charge in [-0.1, -0.05) is 0 Å². The fraction of sp³-hybridized carbons (Fsp3) is 0. The molecule has 0 aliphatic carbocycles. The summed E-state index contributed by atoms with van der Waals surface area (Å²) >= 11 is 0. The molecule has 0 unspecified atom stereocenters. The first-order valence-electron chi connectivity index (χ1n) is 1.23. The lowest BCUT2D eigenvalue weighted by molar-refractivity contribution is 0.256. The summed E-state index contributed by atoms with van der Waals surface area (Å²) in [5.74, 6) is 0. The van der Waals surface area contributed by atoms with Gasteiger partial charge in [-0.2, -0.15) is 5.26 Å². The molecule has 5 nitrogen and oxygen atoms in total. The number of nitrogens with zero attached hydrogens (tertiary/aromatic N) is 1. The molecule has 0 aromatic heterocycles. The second-order valence-corrected chi connectivity index (χ2v) is 0.502. The Kier molecular flexibility index (Phi) is 11.5. The third kappa shape index (κ3) is 14.4. The van der Waals surface area contributed by atoms with Gasteiger partial charge >= 0.3 is 6.03 Å². The smallest absolute Gasteiger partial charge is 0.309 e. The van der Waals surface area contributed by atoms with Crippen molar-refractivity contribution in [3.63, 3.8) is 0 Å². The highest BCUT2D eigenvalue weighted by Crippen LogP contribution is 1.25. The van der Waals surface area contributed by atoms with E-state index in [1.54, 1.807) is 0 Å². The van der Waals surface area contributed by atoms with Crippen LogP contribution in [0.25, 0.3) is 0 Å². The van der Waals surface area contributed by atoms with E-state index in [9.17, 15) is 0 Å². The minimum atomic E-state index is -0.833. The van der Waals surface area contributed by atoms with Crippen LogP contribution in [0.15, 0.2) is 0 Å². The molecule has 0 spiro atoms. The van der Waals surface area contributed by atoms with Gasteiger partial charge in [0.2, 0.25) is 0 Å². The summed E-state index contributed by atoms with van der Waals surface area (Å²) in [5.41, 5.74) is 8.50. The van der Waals surface area contributed by atoms with E-state index in [4.69, 9.17) is 15.2 Å². The van der Waals surface area contributed by atoms with Crippen molar-refractivity contribution in [3.05, 3.63) is 0 Å². The van der Waals surface area contributed by atoms with Crippen LogP contribution in [-0.2, 0) is 0 Å². The summed E-state index contributed by atoms with van der Waals surface area (Å²) in [6.45, 7) is 0. The SMILES string of the molecule is N#CO.NC(N)=O. The van der Waals surface area contributed by atoms with Gasteiger partial charge in [-0.05, 0) is 0 Å². The fourth-order valence-corrected chi connectivity index (χ4v) is 0. The van der Waals surface area contributed by atoms with E-state index in [-0.39, 0.29) is 0 Å². The molecule has 0 atom stereocenters. The molecule has 0 aliphatic heterocycles. The molecule has 2 amide bonds. The van der Waals surface area contributed by atoms with Gasteiger partial charge in [0.05, 0.1) is 0 Å². The monoisotopic (exact) mass is 103 g/mol. The maximum Gasteiger partial charge on any atom is 0.309 e. The molecule has 5 heteroatoms. The first kappa shape index (κ1) is 9.12. The summed E-state index contributed by atoms with van der Waals surface area (Å²) in [6, 6.07) is -0.833. The Balaban J connectivity index is 0. The van der Waals surface area contributed by atoms with Crippen LogP contribution in [0.3, 0.4) is 0 Å². The summed E-state index contributed by atoms with van der Waals surface area (Å²) in [5, 5.41) is 13.8. The van der Waals surface area contributed by atoms with Crippen molar-refractivity contribution in [2.75, 3.05) is 0 Å². The van der Waals surface area contributed by atoms with E-state index >= 15 is 0 Å². The van der Waals surface area contributed by atoms with Crippen molar-refractivity contribution in [1.82, 2.24) is 0 Å². The molecule has 0 saturated carbocycles. The molecular weight excluding hydrogens is 98.0 g/mol. The van der Waals surface area contributed by atoms with Crippen LogP contribution in [0, 0.1) is 11.5 Å². The minimum Gasteiger partial charge on any atom is -0.443 e. The highest BCUT2D eigenvalue weighted by atomic mass is 16.2. The average molecular weight is 103 g/mol. The number of aliphatic hydroxyl groups is 1. The summed E-state index contributed by atoms with van der Waals surface area (Å²) in [6.07, 6.45) is 0.750. The topological polar surface area (TPSA) is 113 Å². The Morgan fingerprint density at radius 3 is 1.71 bits per heavy atom. The lowest BCUT2D eigenvalue weighted by Crippen LogP contribution is -2.18. The van der Waals surface area contributed by atoms with Gasteiger partial charge in [0.15, 0.2) is 0 Å². The van der Waals surface area contributed by atoms with E-state index in [0.29, 0.717) is 0 Å². The van der Waals surface area contributed by atoms with Crippen molar-refractivity contribution in [3.8, 4) is 6.26 Å². The van der Waals surface area contributed by atoms with Crippen molar-refractivity contribution in [2.24, 2.45) is 11.5 Å². The zero-order chi connectivity index (χ0) is 6.28. The van der Waals surface area contributed by atoms with Crippen molar-refractivity contribution < 1.29 is 9.90 Å². The predicted molar refractivity (Wildman–Crippen MR) is 21.3 cm³/mol. The van der Waals surface area contributed by atoms with E-state index in [1.165, 1.54) is 0 Å². The summed E-state index contributed by atoms with van der Waals surface area (Å²) in [4.78, 5) is 9.00. The van der Waals surface area contributed by atoms with Crippen LogP contribution in [0.1, 0.15) is 0 Å². The number of carbonyl (C=O) groups excluding carboxylic acids is 1. The standard InChI is InChI=1S/CH4N2O.CHNO/c2-1(3)4;2-1-3/h(H4,2,3,4);3H. The zero-order valence-electron chi connectivity index (χ0n) is 3.46. The van der Waals surface area contributed by atoms with Gasteiger partial charge in [0.1, 0.15) is 0 Å². The van der Waals surface area contributed by atoms with Gasteiger partial charge in [-0.3, -0.25) is 0 Å². The van der Waals surface area contributed by atoms with Crippen LogP contribution >= 0.6 is 0 Å². The molecule has 0 rings (SSSR count). The Morgan fingerprint density at radius 1 is 1.71 bits per heavy atom. The highest BCUT2D eigenvalue weighted by Gasteiger charge is 1.60. The van der Waals surface area contributed by atoms with Gasteiger partial charge in [0.25, 0.3) is 6.26 Å². The minimum absolute atomic E-state index is 0.750. The predicted octanol–water partition coefficient (Wildman–Crippen LogP) is -1.14. The van der Waals surface area contributed by atoms with E-state index < -0.39 is 6.03 Å². The first-order valence-corrected chi connectivity index (χ1v) is 1.23. The number of nitriles is 1. The Labute approximate surface area is 40.1 Å². The van der Waals surface area contributed by atoms with E-state index in [1.807, 2.05) is 0 Å². The Morgan fingerprint density at radius 2 is 1.71 bits per heavy atom. The van der Waals surface area contributed by atoms with Crippen LogP contribution in [0.5, 0.6) is 0 Å². The number of carbonyl (C=O) groups is 1. The van der Waals surface area contributed by atoms with Crippen molar-refractivity contribution in [2.45, 2.75) is 0 Å².